The molecule has 0 unspecified atom stereocenters. The van der Waals surface area contributed by atoms with Gasteiger partial charge in [0.2, 0.25) is 0 Å². The molecule has 3 N–H and O–H groups in total. The van der Waals surface area contributed by atoms with Gasteiger partial charge in [0.25, 0.3) is 0 Å². The first-order valence-corrected chi connectivity index (χ1v) is 7.42. The Hall–Kier alpha value is -1.80. The molecule has 0 saturated carbocycles. The fourth-order valence-electron chi connectivity index (χ4n) is 1.55. The first-order chi connectivity index (χ1) is 9.26. The summed E-state index contributed by atoms with van der Waals surface area (Å²) < 4.78 is 31.5. The van der Waals surface area contributed by atoms with Crippen molar-refractivity contribution in [1.29, 1.82) is 0 Å². The summed E-state index contributed by atoms with van der Waals surface area (Å²) in [6.07, 6.45) is -1.02. The van der Waals surface area contributed by atoms with Gasteiger partial charge < -0.3 is 10.5 Å². The quantitative estimate of drug-likeness (QED) is 0.792. The maximum Gasteiger partial charge on any atom is 0.421 e. The van der Waals surface area contributed by atoms with Crippen LogP contribution in [0.15, 0.2) is 24.3 Å². The average molecular weight is 301 g/mol. The Morgan fingerprint density at radius 1 is 1.35 bits per heavy atom. The normalized spacial score (nSPS) is 11.7. The first kappa shape index (κ1) is 16.3. The summed E-state index contributed by atoms with van der Waals surface area (Å²) in [6, 6.07) is 6.52. The number of carbonyl (C=O) groups excluding carboxylic acids is 1. The van der Waals surface area contributed by atoms with E-state index in [2.05, 4.69) is 4.74 Å². The minimum atomic E-state index is -3.96. The van der Waals surface area contributed by atoms with E-state index in [0.717, 1.165) is 17.0 Å². The van der Waals surface area contributed by atoms with Crippen molar-refractivity contribution in [2.75, 3.05) is 12.8 Å². The van der Waals surface area contributed by atoms with Crippen LogP contribution in [0.5, 0.6) is 0 Å². The minimum Gasteiger partial charge on any atom is -0.452 e. The van der Waals surface area contributed by atoms with Gasteiger partial charge in [0.1, 0.15) is 0 Å². The molecule has 0 fully saturated rings. The van der Waals surface area contributed by atoms with Crippen molar-refractivity contribution < 1.29 is 17.9 Å². The SMILES string of the molecule is COC(=O)NS(=O)(=O)N(Cc1ccc(N)cc1)C(C)C. The van der Waals surface area contributed by atoms with E-state index < -0.39 is 16.3 Å². The molecule has 0 radical (unpaired) electrons. The monoisotopic (exact) mass is 301 g/mol. The van der Waals surface area contributed by atoms with Gasteiger partial charge in [0, 0.05) is 18.3 Å². The molecule has 1 aromatic rings. The molecule has 0 saturated heterocycles. The second-order valence-corrected chi connectivity index (χ2v) is 6.10. The van der Waals surface area contributed by atoms with Crippen molar-refractivity contribution in [2.24, 2.45) is 0 Å². The number of ether oxygens (including phenoxy) is 1. The number of nitrogens with zero attached hydrogens (tertiary/aromatic N) is 1. The molecule has 0 aliphatic rings. The molecule has 0 aliphatic carbocycles. The van der Waals surface area contributed by atoms with Gasteiger partial charge in [-0.3, -0.25) is 0 Å². The molecule has 0 heterocycles. The van der Waals surface area contributed by atoms with Crippen LogP contribution in [-0.4, -0.2) is 32.0 Å². The third-order valence-corrected chi connectivity index (χ3v) is 4.19. The molecular formula is C12H19N3O4S. The van der Waals surface area contributed by atoms with Crippen molar-refractivity contribution in [2.45, 2.75) is 26.4 Å². The Bertz CT molecular complexity index is 555. The van der Waals surface area contributed by atoms with Crippen LogP contribution in [0.3, 0.4) is 0 Å². The molecule has 1 amide bonds. The lowest BCUT2D eigenvalue weighted by atomic mass is 10.2. The molecular weight excluding hydrogens is 282 g/mol. The Morgan fingerprint density at radius 2 is 1.90 bits per heavy atom. The van der Waals surface area contributed by atoms with Gasteiger partial charge in [-0.1, -0.05) is 12.1 Å². The van der Waals surface area contributed by atoms with E-state index >= 15 is 0 Å². The summed E-state index contributed by atoms with van der Waals surface area (Å²) in [5.41, 5.74) is 6.95. The first-order valence-electron chi connectivity index (χ1n) is 5.98. The molecule has 0 bridgehead atoms. The lowest BCUT2D eigenvalue weighted by Crippen LogP contribution is -2.46. The van der Waals surface area contributed by atoms with Crippen LogP contribution in [-0.2, 0) is 21.5 Å². The standard InChI is InChI=1S/C12H19N3O4S/c1-9(2)15(20(17,18)14-12(16)19-3)8-10-4-6-11(13)7-5-10/h4-7,9H,8,13H2,1-3H3,(H,14,16). The van der Waals surface area contributed by atoms with E-state index in [-0.39, 0.29) is 12.6 Å². The third kappa shape index (κ3) is 4.39. The largest absolute Gasteiger partial charge is 0.452 e. The Labute approximate surface area is 118 Å². The van der Waals surface area contributed by atoms with Crippen molar-refractivity contribution in [3.63, 3.8) is 0 Å². The van der Waals surface area contributed by atoms with E-state index in [1.54, 1.807) is 38.1 Å². The van der Waals surface area contributed by atoms with E-state index in [0.29, 0.717) is 5.69 Å². The highest BCUT2D eigenvalue weighted by Gasteiger charge is 2.27. The highest BCUT2D eigenvalue weighted by atomic mass is 32.2. The number of hydrogen-bond donors (Lipinski definition) is 2. The number of nitrogen functional groups attached to an aromatic ring is 1. The molecule has 112 valence electrons. The maximum atomic E-state index is 12.1. The fourth-order valence-corrected chi connectivity index (χ4v) is 2.84. The van der Waals surface area contributed by atoms with Crippen molar-refractivity contribution >= 4 is 22.0 Å². The van der Waals surface area contributed by atoms with Crippen molar-refractivity contribution in [1.82, 2.24) is 9.03 Å². The van der Waals surface area contributed by atoms with E-state index in [1.807, 2.05) is 4.72 Å². The molecule has 0 aliphatic heterocycles. The third-order valence-electron chi connectivity index (χ3n) is 2.60. The van der Waals surface area contributed by atoms with Crippen LogP contribution < -0.4 is 10.5 Å². The lowest BCUT2D eigenvalue weighted by Gasteiger charge is -2.25. The van der Waals surface area contributed by atoms with Crippen LogP contribution in [0.1, 0.15) is 19.4 Å². The topological polar surface area (TPSA) is 102 Å². The van der Waals surface area contributed by atoms with E-state index in [9.17, 15) is 13.2 Å². The summed E-state index contributed by atoms with van der Waals surface area (Å²) in [5, 5.41) is 0. The van der Waals surface area contributed by atoms with Gasteiger partial charge in [0.05, 0.1) is 7.11 Å². The molecule has 7 nitrogen and oxygen atoms in total. The Morgan fingerprint density at radius 3 is 2.35 bits per heavy atom. The van der Waals surface area contributed by atoms with Gasteiger partial charge in [-0.25, -0.2) is 9.52 Å². The number of benzene rings is 1. The average Bonchev–Trinajstić information content (AvgIpc) is 2.36. The van der Waals surface area contributed by atoms with Crippen LogP contribution in [0.25, 0.3) is 0 Å². The van der Waals surface area contributed by atoms with Crippen molar-refractivity contribution in [3.8, 4) is 0 Å². The summed E-state index contributed by atoms with van der Waals surface area (Å²) >= 11 is 0. The minimum absolute atomic E-state index is 0.129. The van der Waals surface area contributed by atoms with Gasteiger partial charge in [-0.15, -0.1) is 0 Å². The number of methoxy groups -OCH3 is 1. The second-order valence-electron chi connectivity index (χ2n) is 4.48. The van der Waals surface area contributed by atoms with Crippen LogP contribution in [0, 0.1) is 0 Å². The molecule has 8 heteroatoms. The van der Waals surface area contributed by atoms with Gasteiger partial charge in [-0.2, -0.15) is 12.7 Å². The fraction of sp³-hybridized carbons (Fsp3) is 0.417. The predicted octanol–water partition coefficient (Wildman–Crippen LogP) is 1.08. The smallest absolute Gasteiger partial charge is 0.421 e. The van der Waals surface area contributed by atoms with Gasteiger partial charge in [0.15, 0.2) is 0 Å². The molecule has 1 aromatic carbocycles. The summed E-state index contributed by atoms with van der Waals surface area (Å²) in [5.74, 6) is 0. The number of carbonyl (C=O) groups is 1. The number of hydrogen-bond acceptors (Lipinski definition) is 5. The van der Waals surface area contributed by atoms with Gasteiger partial charge >= 0.3 is 16.3 Å². The maximum absolute atomic E-state index is 12.1. The van der Waals surface area contributed by atoms with Crippen LogP contribution >= 0.6 is 0 Å². The number of anilines is 1. The van der Waals surface area contributed by atoms with E-state index in [4.69, 9.17) is 5.73 Å². The van der Waals surface area contributed by atoms with Crippen LogP contribution in [0.4, 0.5) is 10.5 Å². The number of rotatable bonds is 5. The molecule has 0 atom stereocenters. The number of nitrogens with two attached hydrogens (primary N) is 1. The molecule has 20 heavy (non-hydrogen) atoms. The summed E-state index contributed by atoms with van der Waals surface area (Å²) in [7, 11) is -2.86. The molecule has 0 aromatic heterocycles. The molecule has 1 rings (SSSR count). The zero-order valence-corrected chi connectivity index (χ0v) is 12.5. The predicted molar refractivity (Wildman–Crippen MR) is 76.0 cm³/mol. The second kappa shape index (κ2) is 6.58. The zero-order valence-electron chi connectivity index (χ0n) is 11.7. The summed E-state index contributed by atoms with van der Waals surface area (Å²) in [6.45, 7) is 3.56. The summed E-state index contributed by atoms with van der Waals surface area (Å²) in [4.78, 5) is 11.1. The zero-order chi connectivity index (χ0) is 15.3. The number of amides is 1. The Kier molecular flexibility index (Phi) is 5.34. The highest BCUT2D eigenvalue weighted by Crippen LogP contribution is 2.14. The van der Waals surface area contributed by atoms with E-state index in [1.165, 1.54) is 0 Å². The van der Waals surface area contributed by atoms with Crippen LogP contribution in [0.2, 0.25) is 0 Å². The van der Waals surface area contributed by atoms with Gasteiger partial charge in [-0.05, 0) is 31.5 Å². The number of nitrogens with one attached hydrogen (secondary N) is 1. The lowest BCUT2D eigenvalue weighted by molar-refractivity contribution is 0.176. The Balaban J connectivity index is 2.94. The van der Waals surface area contributed by atoms with Crippen molar-refractivity contribution in [3.05, 3.63) is 29.8 Å². The highest BCUT2D eigenvalue weighted by molar-refractivity contribution is 7.87. The molecule has 0 spiro atoms.